The predicted octanol–water partition coefficient (Wildman–Crippen LogP) is 3.16. The Morgan fingerprint density at radius 1 is 1.20 bits per heavy atom. The first-order valence-corrected chi connectivity index (χ1v) is 8.76. The van der Waals surface area contributed by atoms with Crippen molar-refractivity contribution < 1.29 is 14.3 Å². The molecule has 1 saturated heterocycles. The van der Waals surface area contributed by atoms with Crippen LogP contribution in [0.25, 0.3) is 0 Å². The van der Waals surface area contributed by atoms with Gasteiger partial charge < -0.3 is 14.4 Å². The second-order valence-electron chi connectivity index (χ2n) is 6.73. The number of methoxy groups -OCH3 is 1. The Labute approximate surface area is 147 Å². The van der Waals surface area contributed by atoms with E-state index in [9.17, 15) is 4.79 Å². The number of ether oxygens (including phenoxy) is 2. The average molecular weight is 338 g/mol. The van der Waals surface area contributed by atoms with Crippen LogP contribution in [-0.4, -0.2) is 41.6 Å². The topological polar surface area (TPSA) is 51.7 Å². The Hall–Kier alpha value is -2.56. The van der Waals surface area contributed by atoms with Crippen molar-refractivity contribution in [3.05, 3.63) is 54.4 Å². The van der Waals surface area contributed by atoms with Crippen LogP contribution < -0.4 is 9.47 Å². The monoisotopic (exact) mass is 338 g/mol. The highest BCUT2D eigenvalue weighted by Gasteiger charge is 2.48. The van der Waals surface area contributed by atoms with E-state index in [0.29, 0.717) is 24.1 Å². The fraction of sp³-hybridized carbons (Fsp3) is 0.400. The van der Waals surface area contributed by atoms with Crippen molar-refractivity contribution in [2.24, 2.45) is 5.92 Å². The van der Waals surface area contributed by atoms with Crippen molar-refractivity contribution >= 4 is 5.91 Å². The zero-order chi connectivity index (χ0) is 17.2. The number of rotatable bonds is 5. The third kappa shape index (κ3) is 3.06. The maximum atomic E-state index is 13.0. The Balaban J connectivity index is 1.50. The van der Waals surface area contributed by atoms with E-state index in [1.165, 1.54) is 6.42 Å². The summed E-state index contributed by atoms with van der Waals surface area (Å²) in [5, 5.41) is 0. The van der Waals surface area contributed by atoms with E-state index in [2.05, 4.69) is 4.98 Å². The van der Waals surface area contributed by atoms with Gasteiger partial charge in [-0.2, -0.15) is 0 Å². The van der Waals surface area contributed by atoms with Gasteiger partial charge in [0.05, 0.1) is 13.2 Å². The van der Waals surface area contributed by atoms with Crippen molar-refractivity contribution in [2.45, 2.75) is 31.3 Å². The summed E-state index contributed by atoms with van der Waals surface area (Å²) in [6, 6.07) is 11.6. The lowest BCUT2D eigenvalue weighted by Gasteiger charge is -2.35. The largest absolute Gasteiger partial charge is 0.497 e. The Morgan fingerprint density at radius 2 is 2.00 bits per heavy atom. The second-order valence-corrected chi connectivity index (χ2v) is 6.73. The summed E-state index contributed by atoms with van der Waals surface area (Å²) in [5.41, 5.74) is 0.703. The summed E-state index contributed by atoms with van der Waals surface area (Å²) >= 11 is 0. The van der Waals surface area contributed by atoms with Crippen molar-refractivity contribution in [1.29, 1.82) is 0 Å². The molecule has 1 aromatic heterocycles. The highest BCUT2D eigenvalue weighted by Crippen LogP contribution is 2.43. The number of hydrogen-bond donors (Lipinski definition) is 0. The fourth-order valence-electron chi connectivity index (χ4n) is 4.14. The standard InChI is InChI=1S/C20H22N2O3/c1-24-17-3-2-4-18(12-17)25-13-19-15-5-6-16(11-15)22(19)20(23)14-7-9-21-10-8-14/h2-4,7-10,12,15-16,19H,5-6,11,13H2,1H3/t15-,16-,19-/m1/s1. The van der Waals surface area contributed by atoms with Crippen LogP contribution in [0.1, 0.15) is 29.6 Å². The molecule has 130 valence electrons. The van der Waals surface area contributed by atoms with Gasteiger partial charge in [0.15, 0.2) is 0 Å². The zero-order valence-electron chi connectivity index (χ0n) is 14.3. The van der Waals surface area contributed by atoms with E-state index < -0.39 is 0 Å². The van der Waals surface area contributed by atoms with E-state index in [1.54, 1.807) is 31.6 Å². The first kappa shape index (κ1) is 15.9. The molecule has 2 bridgehead atoms. The minimum Gasteiger partial charge on any atom is -0.497 e. The summed E-state index contributed by atoms with van der Waals surface area (Å²) in [6.45, 7) is 0.519. The van der Waals surface area contributed by atoms with E-state index in [0.717, 1.165) is 24.3 Å². The maximum Gasteiger partial charge on any atom is 0.254 e. The van der Waals surface area contributed by atoms with Crippen molar-refractivity contribution in [2.75, 3.05) is 13.7 Å². The SMILES string of the molecule is COc1cccc(OC[C@@H]2[C@@H]3CC[C@H](C3)N2C(=O)c2ccncc2)c1. The maximum absolute atomic E-state index is 13.0. The molecular formula is C20H22N2O3. The number of amides is 1. The Morgan fingerprint density at radius 3 is 2.80 bits per heavy atom. The highest BCUT2D eigenvalue weighted by molar-refractivity contribution is 5.94. The smallest absolute Gasteiger partial charge is 0.254 e. The number of aromatic nitrogens is 1. The molecule has 5 nitrogen and oxygen atoms in total. The van der Waals surface area contributed by atoms with Gasteiger partial charge in [-0.15, -0.1) is 0 Å². The van der Waals surface area contributed by atoms with Gasteiger partial charge >= 0.3 is 0 Å². The van der Waals surface area contributed by atoms with Crippen LogP contribution in [0.2, 0.25) is 0 Å². The summed E-state index contributed by atoms with van der Waals surface area (Å²) in [4.78, 5) is 19.0. The van der Waals surface area contributed by atoms with Crippen LogP contribution in [0, 0.1) is 5.92 Å². The van der Waals surface area contributed by atoms with Crippen LogP contribution in [0.5, 0.6) is 11.5 Å². The third-order valence-corrected chi connectivity index (χ3v) is 5.36. The molecule has 4 rings (SSSR count). The number of piperidine rings is 1. The molecule has 0 radical (unpaired) electrons. The molecule has 2 aliphatic rings. The predicted molar refractivity (Wildman–Crippen MR) is 93.8 cm³/mol. The van der Waals surface area contributed by atoms with Gasteiger partial charge in [0.25, 0.3) is 5.91 Å². The summed E-state index contributed by atoms with van der Waals surface area (Å²) in [6.07, 6.45) is 6.70. The van der Waals surface area contributed by atoms with E-state index in [-0.39, 0.29) is 11.9 Å². The summed E-state index contributed by atoms with van der Waals surface area (Å²) in [7, 11) is 1.64. The third-order valence-electron chi connectivity index (χ3n) is 5.36. The molecule has 0 unspecified atom stereocenters. The molecule has 1 saturated carbocycles. The minimum atomic E-state index is 0.0915. The van der Waals surface area contributed by atoms with Gasteiger partial charge in [0.1, 0.15) is 18.1 Å². The van der Waals surface area contributed by atoms with Gasteiger partial charge in [-0.1, -0.05) is 6.07 Å². The number of carbonyl (C=O) groups excluding carboxylic acids is 1. The van der Waals surface area contributed by atoms with Crippen molar-refractivity contribution in [1.82, 2.24) is 9.88 Å². The van der Waals surface area contributed by atoms with E-state index in [4.69, 9.17) is 9.47 Å². The lowest BCUT2D eigenvalue weighted by atomic mass is 9.98. The van der Waals surface area contributed by atoms with Crippen LogP contribution in [-0.2, 0) is 0 Å². The minimum absolute atomic E-state index is 0.0915. The van der Waals surface area contributed by atoms with Crippen LogP contribution in [0.4, 0.5) is 0 Å². The number of benzene rings is 1. The second kappa shape index (κ2) is 6.75. The van der Waals surface area contributed by atoms with Gasteiger partial charge in [0.2, 0.25) is 0 Å². The summed E-state index contributed by atoms with van der Waals surface area (Å²) in [5.74, 6) is 2.17. The average Bonchev–Trinajstić information content (AvgIpc) is 3.28. The molecule has 3 atom stereocenters. The molecule has 1 aliphatic heterocycles. The van der Waals surface area contributed by atoms with E-state index >= 15 is 0 Å². The number of fused-ring (bicyclic) bond motifs is 2. The van der Waals surface area contributed by atoms with Crippen LogP contribution >= 0.6 is 0 Å². The molecule has 2 heterocycles. The Bertz CT molecular complexity index is 750. The molecule has 1 aliphatic carbocycles. The number of likely N-dealkylation sites (tertiary alicyclic amines) is 1. The molecule has 25 heavy (non-hydrogen) atoms. The first-order chi connectivity index (χ1) is 12.3. The molecule has 0 spiro atoms. The van der Waals surface area contributed by atoms with Crippen LogP contribution in [0.3, 0.4) is 0 Å². The molecule has 2 aromatic rings. The lowest BCUT2D eigenvalue weighted by Crippen LogP contribution is -2.47. The first-order valence-electron chi connectivity index (χ1n) is 8.76. The highest BCUT2D eigenvalue weighted by atomic mass is 16.5. The number of carbonyl (C=O) groups is 1. The molecule has 0 N–H and O–H groups in total. The molecule has 1 amide bonds. The van der Waals surface area contributed by atoms with E-state index in [1.807, 2.05) is 29.2 Å². The summed E-state index contributed by atoms with van der Waals surface area (Å²) < 4.78 is 11.3. The number of pyridine rings is 1. The Kier molecular flexibility index (Phi) is 4.30. The zero-order valence-corrected chi connectivity index (χ0v) is 14.3. The molecule has 1 aromatic carbocycles. The lowest BCUT2D eigenvalue weighted by molar-refractivity contribution is 0.0505. The van der Waals surface area contributed by atoms with Gasteiger partial charge in [-0.05, 0) is 49.4 Å². The van der Waals surface area contributed by atoms with Crippen LogP contribution in [0.15, 0.2) is 48.8 Å². The fourth-order valence-corrected chi connectivity index (χ4v) is 4.14. The normalized spacial score (nSPS) is 24.4. The van der Waals surface area contributed by atoms with Gasteiger partial charge in [-0.3, -0.25) is 9.78 Å². The molecular weight excluding hydrogens is 316 g/mol. The number of nitrogens with zero attached hydrogens (tertiary/aromatic N) is 2. The molecule has 5 heteroatoms. The van der Waals surface area contributed by atoms with Crippen molar-refractivity contribution in [3.63, 3.8) is 0 Å². The van der Waals surface area contributed by atoms with Gasteiger partial charge in [-0.25, -0.2) is 0 Å². The van der Waals surface area contributed by atoms with Gasteiger partial charge in [0, 0.05) is 30.1 Å². The quantitative estimate of drug-likeness (QED) is 0.840. The van der Waals surface area contributed by atoms with Crippen molar-refractivity contribution in [3.8, 4) is 11.5 Å². The molecule has 2 fully saturated rings. The number of hydrogen-bond acceptors (Lipinski definition) is 4.